The summed E-state index contributed by atoms with van der Waals surface area (Å²) in [5.74, 6) is -0.172. The third kappa shape index (κ3) is 2.39. The quantitative estimate of drug-likeness (QED) is 0.813. The number of hydrogen-bond donors (Lipinski definition) is 2. The van der Waals surface area contributed by atoms with Gasteiger partial charge in [-0.05, 0) is 19.1 Å². The van der Waals surface area contributed by atoms with E-state index >= 15 is 0 Å². The minimum absolute atomic E-state index is 0.0607. The minimum atomic E-state index is -0.172. The predicted octanol–water partition coefficient (Wildman–Crippen LogP) is 0.707. The number of para-hydroxylation sites is 1. The Kier molecular flexibility index (Phi) is 3.30. The van der Waals surface area contributed by atoms with Crippen LogP contribution >= 0.6 is 0 Å². The third-order valence-corrected chi connectivity index (χ3v) is 2.47. The highest BCUT2D eigenvalue weighted by molar-refractivity contribution is 6.04. The average molecular weight is 230 g/mol. The van der Waals surface area contributed by atoms with Gasteiger partial charge in [0, 0.05) is 25.0 Å². The maximum atomic E-state index is 12.0. The van der Waals surface area contributed by atoms with Crippen molar-refractivity contribution in [2.45, 2.75) is 13.0 Å². The number of nitrogens with zero attached hydrogens (tertiary/aromatic N) is 2. The normalized spacial score (nSPS) is 12.4. The summed E-state index contributed by atoms with van der Waals surface area (Å²) in [7, 11) is 0. The highest BCUT2D eigenvalue weighted by Gasteiger charge is 2.12. The van der Waals surface area contributed by atoms with Gasteiger partial charge in [-0.2, -0.15) is 0 Å². The molecule has 0 saturated carbocycles. The average Bonchev–Trinajstić information content (AvgIpc) is 2.37. The van der Waals surface area contributed by atoms with Gasteiger partial charge >= 0.3 is 0 Å². The molecule has 5 heteroatoms. The molecule has 0 saturated heterocycles. The fourth-order valence-corrected chi connectivity index (χ4v) is 1.54. The van der Waals surface area contributed by atoms with E-state index in [9.17, 15) is 4.79 Å². The van der Waals surface area contributed by atoms with E-state index in [2.05, 4.69) is 15.3 Å². The zero-order valence-electron chi connectivity index (χ0n) is 9.55. The van der Waals surface area contributed by atoms with Crippen LogP contribution in [-0.2, 0) is 0 Å². The highest BCUT2D eigenvalue weighted by atomic mass is 16.1. The van der Waals surface area contributed by atoms with Gasteiger partial charge in [0.2, 0.25) is 0 Å². The zero-order valence-corrected chi connectivity index (χ0v) is 9.55. The zero-order chi connectivity index (χ0) is 12.3. The molecule has 88 valence electrons. The van der Waals surface area contributed by atoms with E-state index in [1.165, 1.54) is 0 Å². The Labute approximate surface area is 99.1 Å². The number of benzene rings is 1. The van der Waals surface area contributed by atoms with Gasteiger partial charge in [-0.25, -0.2) is 0 Å². The summed E-state index contributed by atoms with van der Waals surface area (Å²) in [6, 6.07) is 5.29. The fraction of sp³-hybridized carbons (Fsp3) is 0.250. The maximum absolute atomic E-state index is 12.0. The van der Waals surface area contributed by atoms with Gasteiger partial charge in [0.05, 0.1) is 11.1 Å². The van der Waals surface area contributed by atoms with Gasteiger partial charge in [-0.15, -0.1) is 0 Å². The maximum Gasteiger partial charge on any atom is 0.253 e. The monoisotopic (exact) mass is 230 g/mol. The molecule has 0 bridgehead atoms. The highest BCUT2D eigenvalue weighted by Crippen LogP contribution is 2.13. The molecule has 0 aliphatic heterocycles. The predicted molar refractivity (Wildman–Crippen MR) is 65.5 cm³/mol. The van der Waals surface area contributed by atoms with Crippen LogP contribution in [0.5, 0.6) is 0 Å². The van der Waals surface area contributed by atoms with Crippen LogP contribution in [0.25, 0.3) is 11.0 Å². The molecule has 1 aromatic heterocycles. The van der Waals surface area contributed by atoms with Crippen molar-refractivity contribution < 1.29 is 4.79 Å². The standard InChI is InChI=1S/C12H14N4O/c1-8(7-13)16-12(17)9-3-2-4-10-11(9)15-6-5-14-10/h2-6,8H,7,13H2,1H3,(H,16,17). The number of aromatic nitrogens is 2. The molecule has 2 rings (SSSR count). The lowest BCUT2D eigenvalue weighted by Gasteiger charge is -2.11. The number of carbonyl (C=O) groups is 1. The molecule has 0 aliphatic carbocycles. The summed E-state index contributed by atoms with van der Waals surface area (Å²) >= 11 is 0. The van der Waals surface area contributed by atoms with E-state index in [4.69, 9.17) is 5.73 Å². The number of carbonyl (C=O) groups excluding carboxylic acids is 1. The minimum Gasteiger partial charge on any atom is -0.348 e. The molecule has 0 radical (unpaired) electrons. The van der Waals surface area contributed by atoms with E-state index in [1.807, 2.05) is 13.0 Å². The molecular weight excluding hydrogens is 216 g/mol. The van der Waals surface area contributed by atoms with Crippen LogP contribution < -0.4 is 11.1 Å². The van der Waals surface area contributed by atoms with Crippen LogP contribution in [0.1, 0.15) is 17.3 Å². The van der Waals surface area contributed by atoms with E-state index in [0.29, 0.717) is 23.1 Å². The Hall–Kier alpha value is -2.01. The summed E-state index contributed by atoms with van der Waals surface area (Å²) in [5.41, 5.74) is 7.31. The molecule has 17 heavy (non-hydrogen) atoms. The lowest BCUT2D eigenvalue weighted by molar-refractivity contribution is 0.0943. The second-order valence-electron chi connectivity index (χ2n) is 3.84. The van der Waals surface area contributed by atoms with Crippen molar-refractivity contribution in [3.63, 3.8) is 0 Å². The molecule has 3 N–H and O–H groups in total. The number of fused-ring (bicyclic) bond motifs is 1. The van der Waals surface area contributed by atoms with Gasteiger partial charge in [0.15, 0.2) is 0 Å². The van der Waals surface area contributed by atoms with Crippen molar-refractivity contribution in [3.8, 4) is 0 Å². The molecule has 5 nitrogen and oxygen atoms in total. The molecule has 0 aliphatic rings. The Morgan fingerprint density at radius 3 is 2.94 bits per heavy atom. The third-order valence-electron chi connectivity index (χ3n) is 2.47. The molecule has 2 aromatic rings. The van der Waals surface area contributed by atoms with Gasteiger partial charge < -0.3 is 11.1 Å². The van der Waals surface area contributed by atoms with E-state index in [1.54, 1.807) is 24.5 Å². The number of hydrogen-bond acceptors (Lipinski definition) is 4. The number of nitrogens with two attached hydrogens (primary N) is 1. The first kappa shape index (κ1) is 11.5. The van der Waals surface area contributed by atoms with E-state index in [0.717, 1.165) is 0 Å². The summed E-state index contributed by atoms with van der Waals surface area (Å²) in [6.07, 6.45) is 3.18. The summed E-state index contributed by atoms with van der Waals surface area (Å²) < 4.78 is 0. The van der Waals surface area contributed by atoms with Crippen molar-refractivity contribution in [2.75, 3.05) is 6.54 Å². The first-order valence-electron chi connectivity index (χ1n) is 5.43. The fourth-order valence-electron chi connectivity index (χ4n) is 1.54. The van der Waals surface area contributed by atoms with Crippen molar-refractivity contribution in [1.29, 1.82) is 0 Å². The topological polar surface area (TPSA) is 80.9 Å². The van der Waals surface area contributed by atoms with Crippen LogP contribution in [-0.4, -0.2) is 28.5 Å². The van der Waals surface area contributed by atoms with Crippen LogP contribution in [0.3, 0.4) is 0 Å². The van der Waals surface area contributed by atoms with Crippen LogP contribution in [0.4, 0.5) is 0 Å². The Morgan fingerprint density at radius 1 is 1.41 bits per heavy atom. The summed E-state index contributed by atoms with van der Waals surface area (Å²) in [6.45, 7) is 2.26. The molecule has 0 spiro atoms. The van der Waals surface area contributed by atoms with Gasteiger partial charge in [0.25, 0.3) is 5.91 Å². The number of rotatable bonds is 3. The molecule has 1 amide bonds. The number of amides is 1. The van der Waals surface area contributed by atoms with Crippen LogP contribution in [0.2, 0.25) is 0 Å². The number of nitrogens with one attached hydrogen (secondary N) is 1. The van der Waals surface area contributed by atoms with Gasteiger partial charge in [-0.1, -0.05) is 6.07 Å². The van der Waals surface area contributed by atoms with Crippen molar-refractivity contribution >= 4 is 16.9 Å². The largest absolute Gasteiger partial charge is 0.348 e. The second kappa shape index (κ2) is 4.88. The van der Waals surface area contributed by atoms with Crippen molar-refractivity contribution in [2.24, 2.45) is 5.73 Å². The van der Waals surface area contributed by atoms with Crippen molar-refractivity contribution in [3.05, 3.63) is 36.2 Å². The lowest BCUT2D eigenvalue weighted by atomic mass is 10.1. The lowest BCUT2D eigenvalue weighted by Crippen LogP contribution is -2.37. The first-order chi connectivity index (χ1) is 8.22. The molecule has 1 aromatic carbocycles. The van der Waals surface area contributed by atoms with Gasteiger partial charge in [-0.3, -0.25) is 14.8 Å². The SMILES string of the molecule is CC(CN)NC(=O)c1cccc2nccnc12. The van der Waals surface area contributed by atoms with Crippen molar-refractivity contribution in [1.82, 2.24) is 15.3 Å². The molecule has 0 fully saturated rings. The molecule has 1 atom stereocenters. The van der Waals surface area contributed by atoms with Crippen LogP contribution in [0, 0.1) is 0 Å². The molecule has 1 heterocycles. The summed E-state index contributed by atoms with van der Waals surface area (Å²) in [5, 5.41) is 2.81. The van der Waals surface area contributed by atoms with Gasteiger partial charge in [0.1, 0.15) is 5.52 Å². The Balaban J connectivity index is 2.38. The van der Waals surface area contributed by atoms with E-state index in [-0.39, 0.29) is 11.9 Å². The first-order valence-corrected chi connectivity index (χ1v) is 5.43. The second-order valence-corrected chi connectivity index (χ2v) is 3.84. The Morgan fingerprint density at radius 2 is 2.18 bits per heavy atom. The molecule has 1 unspecified atom stereocenters. The smallest absolute Gasteiger partial charge is 0.253 e. The summed E-state index contributed by atoms with van der Waals surface area (Å²) in [4.78, 5) is 20.3. The molecular formula is C12H14N4O. The Bertz CT molecular complexity index is 536. The van der Waals surface area contributed by atoms with Crippen LogP contribution in [0.15, 0.2) is 30.6 Å². The van der Waals surface area contributed by atoms with E-state index < -0.39 is 0 Å².